The molecule has 3 rings (SSSR count). The second-order valence-corrected chi connectivity index (χ2v) is 7.79. The number of hydrogen-bond donors (Lipinski definition) is 1. The molecule has 7 nitrogen and oxygen atoms in total. The summed E-state index contributed by atoms with van der Waals surface area (Å²) in [4.78, 5) is 25.2. The Kier molecular flexibility index (Phi) is 7.04. The summed E-state index contributed by atoms with van der Waals surface area (Å²) in [6.45, 7) is 6.88. The maximum atomic E-state index is 12.5. The minimum Gasteiger partial charge on any atom is -0.494 e. The van der Waals surface area contributed by atoms with Gasteiger partial charge < -0.3 is 15.4 Å². The average molecular weight is 398 g/mol. The zero-order chi connectivity index (χ0) is 20.8. The number of ether oxygens (including phenoxy) is 1. The number of carbonyl (C=O) groups is 1. The van der Waals surface area contributed by atoms with Gasteiger partial charge in [0.1, 0.15) is 17.4 Å². The number of rotatable bonds is 8. The van der Waals surface area contributed by atoms with Crippen molar-refractivity contribution in [2.75, 3.05) is 32.5 Å². The number of likely N-dealkylation sites (N-methyl/N-ethyl adjacent to an activating group) is 1. The van der Waals surface area contributed by atoms with Gasteiger partial charge in [0.25, 0.3) is 0 Å². The van der Waals surface area contributed by atoms with Gasteiger partial charge in [0.2, 0.25) is 5.91 Å². The fourth-order valence-electron chi connectivity index (χ4n) is 3.55. The molecule has 1 aromatic heterocycles. The van der Waals surface area contributed by atoms with Crippen molar-refractivity contribution in [2.45, 2.75) is 45.7 Å². The number of aromatic nitrogens is 2. The van der Waals surface area contributed by atoms with Gasteiger partial charge in [-0.05, 0) is 63.1 Å². The Morgan fingerprint density at radius 1 is 1.31 bits per heavy atom. The fourth-order valence-corrected chi connectivity index (χ4v) is 3.55. The first kappa shape index (κ1) is 21.0. The Morgan fingerprint density at radius 3 is 2.90 bits per heavy atom. The molecule has 1 aromatic carbocycles. The maximum absolute atomic E-state index is 12.5. The lowest BCUT2D eigenvalue weighted by atomic mass is 10.1. The van der Waals surface area contributed by atoms with Crippen LogP contribution in [0, 0.1) is 13.8 Å². The SMILES string of the molecule is Cc1ccc(OCCCC(=O)N2CC[C@H](N(C)Cc3nccc(N)n3)C2)cc1C. The highest BCUT2D eigenvalue weighted by Crippen LogP contribution is 2.19. The molecule has 7 heteroatoms. The van der Waals surface area contributed by atoms with Gasteiger partial charge in [-0.1, -0.05) is 6.07 Å². The van der Waals surface area contributed by atoms with E-state index in [1.807, 2.05) is 24.1 Å². The predicted molar refractivity (Wildman–Crippen MR) is 114 cm³/mol. The van der Waals surface area contributed by atoms with Crippen LogP contribution in [0.3, 0.4) is 0 Å². The molecule has 29 heavy (non-hydrogen) atoms. The summed E-state index contributed by atoms with van der Waals surface area (Å²) >= 11 is 0. The van der Waals surface area contributed by atoms with Gasteiger partial charge in [-0.3, -0.25) is 9.69 Å². The third kappa shape index (κ3) is 5.90. The lowest BCUT2D eigenvalue weighted by Gasteiger charge is -2.24. The molecular weight excluding hydrogens is 366 g/mol. The van der Waals surface area contributed by atoms with Crippen molar-refractivity contribution in [3.8, 4) is 5.75 Å². The first-order chi connectivity index (χ1) is 13.9. The Balaban J connectivity index is 1.39. The summed E-state index contributed by atoms with van der Waals surface area (Å²) in [5.41, 5.74) is 8.20. The van der Waals surface area contributed by atoms with E-state index in [-0.39, 0.29) is 5.91 Å². The summed E-state index contributed by atoms with van der Waals surface area (Å²) in [6, 6.07) is 8.09. The number of likely N-dealkylation sites (tertiary alicyclic amines) is 1. The highest BCUT2D eigenvalue weighted by molar-refractivity contribution is 5.76. The molecule has 1 fully saturated rings. The number of nitrogen functional groups attached to an aromatic ring is 1. The standard InChI is InChI=1S/C22H31N5O2/c1-16-6-7-19(13-17(16)2)29-12-4-5-22(28)27-11-9-18(14-27)26(3)15-21-24-10-8-20(23)25-21/h6-8,10,13,18H,4-5,9,11-12,14-15H2,1-3H3,(H2,23,24,25)/t18-/m0/s1. The molecule has 2 heterocycles. The molecule has 1 aliphatic rings. The molecule has 0 aliphatic carbocycles. The Labute approximate surface area is 172 Å². The first-order valence-electron chi connectivity index (χ1n) is 10.2. The number of carbonyl (C=O) groups excluding carboxylic acids is 1. The third-order valence-electron chi connectivity index (χ3n) is 5.54. The number of aryl methyl sites for hydroxylation is 2. The van der Waals surface area contributed by atoms with Crippen LogP contribution in [0.4, 0.5) is 5.82 Å². The molecule has 0 spiro atoms. The average Bonchev–Trinajstić information content (AvgIpc) is 3.18. The zero-order valence-corrected chi connectivity index (χ0v) is 17.6. The van der Waals surface area contributed by atoms with Crippen molar-refractivity contribution in [2.24, 2.45) is 0 Å². The predicted octanol–water partition coefficient (Wildman–Crippen LogP) is 2.57. The van der Waals surface area contributed by atoms with Gasteiger partial charge in [0.05, 0.1) is 13.2 Å². The summed E-state index contributed by atoms with van der Waals surface area (Å²) in [5, 5.41) is 0. The van der Waals surface area contributed by atoms with E-state index >= 15 is 0 Å². The molecule has 1 aliphatic heterocycles. The number of anilines is 1. The lowest BCUT2D eigenvalue weighted by molar-refractivity contribution is -0.130. The van der Waals surface area contributed by atoms with Gasteiger partial charge in [-0.15, -0.1) is 0 Å². The van der Waals surface area contributed by atoms with E-state index in [2.05, 4.69) is 34.8 Å². The van der Waals surface area contributed by atoms with Gasteiger partial charge in [0, 0.05) is 31.7 Å². The highest BCUT2D eigenvalue weighted by Gasteiger charge is 2.28. The maximum Gasteiger partial charge on any atom is 0.222 e. The number of hydrogen-bond acceptors (Lipinski definition) is 6. The lowest BCUT2D eigenvalue weighted by Crippen LogP contribution is -2.36. The van der Waals surface area contributed by atoms with E-state index < -0.39 is 0 Å². The van der Waals surface area contributed by atoms with Gasteiger partial charge in [-0.25, -0.2) is 9.97 Å². The van der Waals surface area contributed by atoms with Gasteiger partial charge in [0.15, 0.2) is 0 Å². The first-order valence-corrected chi connectivity index (χ1v) is 10.2. The number of nitrogens with zero attached hydrogens (tertiary/aromatic N) is 4. The molecule has 2 N–H and O–H groups in total. The van der Waals surface area contributed by atoms with Crippen molar-refractivity contribution in [1.82, 2.24) is 19.8 Å². The smallest absolute Gasteiger partial charge is 0.222 e. The molecule has 0 radical (unpaired) electrons. The minimum atomic E-state index is 0.199. The molecule has 1 amide bonds. The molecule has 0 unspecified atom stereocenters. The van der Waals surface area contributed by atoms with Crippen molar-refractivity contribution in [1.29, 1.82) is 0 Å². The quantitative estimate of drug-likeness (QED) is 0.689. The van der Waals surface area contributed by atoms with Crippen LogP contribution in [0.1, 0.15) is 36.2 Å². The molecule has 1 saturated heterocycles. The number of nitrogens with two attached hydrogens (primary N) is 1. The van der Waals surface area contributed by atoms with Crippen LogP contribution >= 0.6 is 0 Å². The number of benzene rings is 1. The fraction of sp³-hybridized carbons (Fsp3) is 0.500. The molecule has 2 aromatic rings. The Hall–Kier alpha value is -2.67. The zero-order valence-electron chi connectivity index (χ0n) is 17.6. The van der Waals surface area contributed by atoms with E-state index in [0.29, 0.717) is 37.3 Å². The Bertz CT molecular complexity index is 842. The van der Waals surface area contributed by atoms with Crippen LogP contribution in [0.15, 0.2) is 30.5 Å². The van der Waals surface area contributed by atoms with Crippen molar-refractivity contribution in [3.05, 3.63) is 47.4 Å². The normalized spacial score (nSPS) is 16.4. The number of amides is 1. The molecule has 1 atom stereocenters. The van der Waals surface area contributed by atoms with Crippen LogP contribution in [0.25, 0.3) is 0 Å². The van der Waals surface area contributed by atoms with E-state index in [4.69, 9.17) is 10.5 Å². The van der Waals surface area contributed by atoms with Crippen LogP contribution in [-0.2, 0) is 11.3 Å². The molecule has 0 bridgehead atoms. The van der Waals surface area contributed by atoms with Crippen molar-refractivity contribution < 1.29 is 9.53 Å². The van der Waals surface area contributed by atoms with Crippen molar-refractivity contribution >= 4 is 11.7 Å². The topological polar surface area (TPSA) is 84.6 Å². The van der Waals surface area contributed by atoms with Gasteiger partial charge in [-0.2, -0.15) is 0 Å². The second kappa shape index (κ2) is 9.69. The summed E-state index contributed by atoms with van der Waals surface area (Å²) in [6.07, 6.45) is 3.87. The monoisotopic (exact) mass is 397 g/mol. The third-order valence-corrected chi connectivity index (χ3v) is 5.54. The van der Waals surface area contributed by atoms with E-state index in [1.54, 1.807) is 12.3 Å². The molecular formula is C22H31N5O2. The van der Waals surface area contributed by atoms with Crippen LogP contribution in [0.2, 0.25) is 0 Å². The highest BCUT2D eigenvalue weighted by atomic mass is 16.5. The summed E-state index contributed by atoms with van der Waals surface area (Å²) in [7, 11) is 2.04. The van der Waals surface area contributed by atoms with Crippen molar-refractivity contribution in [3.63, 3.8) is 0 Å². The van der Waals surface area contributed by atoms with E-state index in [0.717, 1.165) is 31.7 Å². The summed E-state index contributed by atoms with van der Waals surface area (Å²) < 4.78 is 5.79. The largest absolute Gasteiger partial charge is 0.494 e. The van der Waals surface area contributed by atoms with Crippen LogP contribution in [0.5, 0.6) is 5.75 Å². The molecule has 0 saturated carbocycles. The second-order valence-electron chi connectivity index (χ2n) is 7.79. The molecule has 156 valence electrons. The van der Waals surface area contributed by atoms with Crippen LogP contribution < -0.4 is 10.5 Å². The summed E-state index contributed by atoms with van der Waals surface area (Å²) in [5.74, 6) is 2.26. The van der Waals surface area contributed by atoms with E-state index in [1.165, 1.54) is 11.1 Å². The Morgan fingerprint density at radius 2 is 2.14 bits per heavy atom. The van der Waals surface area contributed by atoms with Gasteiger partial charge >= 0.3 is 0 Å². The van der Waals surface area contributed by atoms with Crippen LogP contribution in [-0.4, -0.2) is 58.5 Å². The minimum absolute atomic E-state index is 0.199. The van der Waals surface area contributed by atoms with E-state index in [9.17, 15) is 4.79 Å².